The van der Waals surface area contributed by atoms with Crippen molar-refractivity contribution in [1.82, 2.24) is 15.1 Å². The van der Waals surface area contributed by atoms with E-state index in [-0.39, 0.29) is 13.2 Å². The Morgan fingerprint density at radius 1 is 1.04 bits per heavy atom. The molecule has 1 aromatic rings. The normalized spacial score (nSPS) is 14.1. The van der Waals surface area contributed by atoms with Gasteiger partial charge in [0.25, 0.3) is 0 Å². The number of hydrogen-bond acceptors (Lipinski definition) is 6. The first-order valence-electron chi connectivity index (χ1n) is 8.66. The number of benzene rings is 1. The predicted molar refractivity (Wildman–Crippen MR) is 95.2 cm³/mol. The SMILES string of the molecule is CCOc1ccc(OCCNC(=O)CN2C(=O)C(=O)N(C(C)C)C2=O)cc1. The number of imide groups is 2. The van der Waals surface area contributed by atoms with Crippen LogP contribution in [0, 0.1) is 0 Å². The van der Waals surface area contributed by atoms with E-state index in [9.17, 15) is 19.2 Å². The average Bonchev–Trinajstić information content (AvgIpc) is 2.84. The van der Waals surface area contributed by atoms with Crippen LogP contribution in [0.5, 0.6) is 11.5 Å². The fourth-order valence-corrected chi connectivity index (χ4v) is 2.47. The number of ether oxygens (including phenoxy) is 2. The third kappa shape index (κ3) is 4.96. The van der Waals surface area contributed by atoms with E-state index >= 15 is 0 Å². The Labute approximate surface area is 157 Å². The maximum absolute atomic E-state index is 12.1. The van der Waals surface area contributed by atoms with Crippen molar-refractivity contribution in [1.29, 1.82) is 0 Å². The molecular formula is C18H23N3O6. The van der Waals surface area contributed by atoms with Crippen LogP contribution in [0.25, 0.3) is 0 Å². The molecule has 0 radical (unpaired) electrons. The summed E-state index contributed by atoms with van der Waals surface area (Å²) in [4.78, 5) is 49.2. The third-order valence-electron chi connectivity index (χ3n) is 3.73. The molecule has 1 aliphatic heterocycles. The van der Waals surface area contributed by atoms with E-state index in [1.54, 1.807) is 38.1 Å². The molecule has 0 unspecified atom stereocenters. The zero-order valence-corrected chi connectivity index (χ0v) is 15.6. The molecule has 0 aromatic heterocycles. The second-order valence-electron chi connectivity index (χ2n) is 6.05. The molecule has 1 heterocycles. The van der Waals surface area contributed by atoms with Crippen LogP contribution in [0.15, 0.2) is 24.3 Å². The van der Waals surface area contributed by atoms with Crippen molar-refractivity contribution >= 4 is 23.8 Å². The van der Waals surface area contributed by atoms with E-state index in [1.165, 1.54) is 0 Å². The van der Waals surface area contributed by atoms with E-state index in [2.05, 4.69) is 5.32 Å². The molecule has 9 heteroatoms. The van der Waals surface area contributed by atoms with Crippen LogP contribution in [-0.4, -0.2) is 65.9 Å². The third-order valence-corrected chi connectivity index (χ3v) is 3.73. The van der Waals surface area contributed by atoms with Gasteiger partial charge in [-0.25, -0.2) is 9.69 Å². The lowest BCUT2D eigenvalue weighted by Gasteiger charge is -2.18. The lowest BCUT2D eigenvalue weighted by Crippen LogP contribution is -2.43. The molecule has 0 atom stereocenters. The highest BCUT2D eigenvalue weighted by atomic mass is 16.5. The average molecular weight is 377 g/mol. The van der Waals surface area contributed by atoms with E-state index in [4.69, 9.17) is 9.47 Å². The van der Waals surface area contributed by atoms with Crippen molar-refractivity contribution in [3.05, 3.63) is 24.3 Å². The molecular weight excluding hydrogens is 354 g/mol. The summed E-state index contributed by atoms with van der Waals surface area (Å²) in [6.07, 6.45) is 0. The monoisotopic (exact) mass is 377 g/mol. The Morgan fingerprint density at radius 3 is 2.15 bits per heavy atom. The minimum atomic E-state index is -0.991. The highest BCUT2D eigenvalue weighted by Gasteiger charge is 2.46. The van der Waals surface area contributed by atoms with Crippen LogP contribution >= 0.6 is 0 Å². The van der Waals surface area contributed by atoms with Gasteiger partial charge in [0.2, 0.25) is 5.91 Å². The molecule has 5 amide bonds. The Kier molecular flexibility index (Phi) is 6.75. The van der Waals surface area contributed by atoms with Crippen molar-refractivity contribution in [3.63, 3.8) is 0 Å². The van der Waals surface area contributed by atoms with E-state index in [0.29, 0.717) is 17.3 Å². The van der Waals surface area contributed by atoms with Gasteiger partial charge in [-0.05, 0) is 45.0 Å². The van der Waals surface area contributed by atoms with Gasteiger partial charge in [0.05, 0.1) is 13.2 Å². The molecule has 1 fully saturated rings. The number of rotatable bonds is 9. The molecule has 0 spiro atoms. The predicted octanol–water partition coefficient (Wildman–Crippen LogP) is 0.780. The van der Waals surface area contributed by atoms with Gasteiger partial charge in [0.1, 0.15) is 24.7 Å². The van der Waals surface area contributed by atoms with E-state index < -0.39 is 36.3 Å². The van der Waals surface area contributed by atoms with Crippen LogP contribution in [0.2, 0.25) is 0 Å². The summed E-state index contributed by atoms with van der Waals surface area (Å²) >= 11 is 0. The van der Waals surface area contributed by atoms with Crippen LogP contribution in [0.3, 0.4) is 0 Å². The van der Waals surface area contributed by atoms with Gasteiger partial charge in [0, 0.05) is 6.04 Å². The Balaban J connectivity index is 1.75. The maximum Gasteiger partial charge on any atom is 0.334 e. The lowest BCUT2D eigenvalue weighted by molar-refractivity contribution is -0.144. The summed E-state index contributed by atoms with van der Waals surface area (Å²) in [5.74, 6) is -1.10. The van der Waals surface area contributed by atoms with E-state index in [1.807, 2.05) is 6.92 Å². The van der Waals surface area contributed by atoms with Crippen molar-refractivity contribution < 1.29 is 28.7 Å². The number of carbonyl (C=O) groups is 4. The first-order chi connectivity index (χ1) is 12.8. The number of hydrogen-bond donors (Lipinski definition) is 1. The van der Waals surface area contributed by atoms with Gasteiger partial charge in [-0.15, -0.1) is 0 Å². The van der Waals surface area contributed by atoms with Crippen molar-refractivity contribution in [2.45, 2.75) is 26.8 Å². The number of nitrogens with one attached hydrogen (secondary N) is 1. The van der Waals surface area contributed by atoms with Gasteiger partial charge in [-0.2, -0.15) is 0 Å². The highest BCUT2D eigenvalue weighted by Crippen LogP contribution is 2.17. The van der Waals surface area contributed by atoms with E-state index in [0.717, 1.165) is 10.6 Å². The minimum absolute atomic E-state index is 0.185. The molecule has 1 N–H and O–H groups in total. The quantitative estimate of drug-likeness (QED) is 0.387. The topological polar surface area (TPSA) is 105 Å². The number of nitrogens with zero attached hydrogens (tertiary/aromatic N) is 2. The molecule has 0 aliphatic carbocycles. The first kappa shape index (κ1) is 20.2. The van der Waals surface area contributed by atoms with Crippen molar-refractivity contribution in [3.8, 4) is 11.5 Å². The minimum Gasteiger partial charge on any atom is -0.494 e. The Morgan fingerprint density at radius 2 is 1.63 bits per heavy atom. The second-order valence-corrected chi connectivity index (χ2v) is 6.05. The molecule has 9 nitrogen and oxygen atoms in total. The standard InChI is InChI=1S/C18H23N3O6/c1-4-26-13-5-7-14(8-6-13)27-10-9-19-15(22)11-20-16(23)17(24)21(12(2)3)18(20)25/h5-8,12H,4,9-11H2,1-3H3,(H,19,22). The molecule has 0 saturated carbocycles. The van der Waals surface area contributed by atoms with Crippen LogP contribution in [0.4, 0.5) is 4.79 Å². The van der Waals surface area contributed by atoms with Gasteiger partial charge >= 0.3 is 17.8 Å². The van der Waals surface area contributed by atoms with Gasteiger partial charge in [-0.1, -0.05) is 0 Å². The summed E-state index contributed by atoms with van der Waals surface area (Å²) in [5.41, 5.74) is 0. The summed E-state index contributed by atoms with van der Waals surface area (Å²) in [6.45, 7) is 5.59. The zero-order valence-electron chi connectivity index (χ0n) is 15.6. The van der Waals surface area contributed by atoms with Crippen molar-refractivity contribution in [2.75, 3.05) is 26.3 Å². The van der Waals surface area contributed by atoms with Crippen LogP contribution < -0.4 is 14.8 Å². The lowest BCUT2D eigenvalue weighted by atomic mass is 10.3. The fourth-order valence-electron chi connectivity index (χ4n) is 2.47. The van der Waals surface area contributed by atoms with Crippen LogP contribution in [-0.2, 0) is 14.4 Å². The smallest absolute Gasteiger partial charge is 0.334 e. The summed E-state index contributed by atoms with van der Waals surface area (Å²) < 4.78 is 10.8. The largest absolute Gasteiger partial charge is 0.494 e. The van der Waals surface area contributed by atoms with Gasteiger partial charge in [0.15, 0.2) is 0 Å². The summed E-state index contributed by atoms with van der Waals surface area (Å²) in [5, 5.41) is 2.55. The summed E-state index contributed by atoms with van der Waals surface area (Å²) in [7, 11) is 0. The summed E-state index contributed by atoms with van der Waals surface area (Å²) in [6, 6.07) is 5.82. The van der Waals surface area contributed by atoms with Crippen LogP contribution in [0.1, 0.15) is 20.8 Å². The Hall–Kier alpha value is -3.10. The highest BCUT2D eigenvalue weighted by molar-refractivity contribution is 6.45. The van der Waals surface area contributed by atoms with Crippen molar-refractivity contribution in [2.24, 2.45) is 0 Å². The molecule has 2 rings (SSSR count). The molecule has 0 bridgehead atoms. The molecule has 1 aliphatic rings. The number of carbonyl (C=O) groups excluding carboxylic acids is 4. The first-order valence-corrected chi connectivity index (χ1v) is 8.66. The number of amides is 5. The zero-order chi connectivity index (χ0) is 20.0. The Bertz CT molecular complexity index is 716. The molecule has 146 valence electrons. The number of urea groups is 1. The molecule has 27 heavy (non-hydrogen) atoms. The molecule has 1 aromatic carbocycles. The van der Waals surface area contributed by atoms with Gasteiger partial charge < -0.3 is 14.8 Å². The second kappa shape index (κ2) is 9.02. The fraction of sp³-hybridized carbons (Fsp3) is 0.444. The van der Waals surface area contributed by atoms with Gasteiger partial charge in [-0.3, -0.25) is 19.3 Å². The maximum atomic E-state index is 12.1. The molecule has 1 saturated heterocycles.